The first-order valence-corrected chi connectivity index (χ1v) is 6.61. The van der Waals surface area contributed by atoms with Crippen LogP contribution >= 0.6 is 0 Å². The molecule has 0 radical (unpaired) electrons. The summed E-state index contributed by atoms with van der Waals surface area (Å²) < 4.78 is 21.1. The van der Waals surface area contributed by atoms with Gasteiger partial charge in [-0.05, 0) is 30.7 Å². The van der Waals surface area contributed by atoms with E-state index in [1.165, 1.54) is 0 Å². The van der Waals surface area contributed by atoms with Gasteiger partial charge in [0.15, 0.2) is 0 Å². The molecule has 0 bridgehead atoms. The van der Waals surface area contributed by atoms with Crippen LogP contribution in [0.15, 0.2) is 18.2 Å². The minimum Gasteiger partial charge on any atom is -0.491 e. The third-order valence-corrected chi connectivity index (χ3v) is 2.62. The minimum atomic E-state index is 0.472. The highest BCUT2D eigenvalue weighted by molar-refractivity contribution is 5.75. The lowest BCUT2D eigenvalue weighted by Crippen LogP contribution is -2.12. The van der Waals surface area contributed by atoms with E-state index in [4.69, 9.17) is 18.9 Å². The summed E-state index contributed by atoms with van der Waals surface area (Å²) in [4.78, 5) is 10.6. The van der Waals surface area contributed by atoms with Crippen molar-refractivity contribution < 1.29 is 23.7 Å². The molecule has 0 aliphatic carbocycles. The van der Waals surface area contributed by atoms with Gasteiger partial charge in [-0.1, -0.05) is 0 Å². The zero-order valence-electron chi connectivity index (χ0n) is 12.1. The lowest BCUT2D eigenvalue weighted by molar-refractivity contribution is 0.0179. The van der Waals surface area contributed by atoms with Crippen molar-refractivity contribution in [3.8, 4) is 5.75 Å². The summed E-state index contributed by atoms with van der Waals surface area (Å²) in [7, 11) is 1.64. The maximum Gasteiger partial charge on any atom is 0.150 e. The van der Waals surface area contributed by atoms with Crippen molar-refractivity contribution >= 4 is 6.29 Å². The topological polar surface area (TPSA) is 54.0 Å². The number of carbonyl (C=O) groups is 1. The van der Waals surface area contributed by atoms with E-state index in [1.54, 1.807) is 25.3 Å². The fourth-order valence-corrected chi connectivity index (χ4v) is 1.58. The first-order valence-electron chi connectivity index (χ1n) is 6.61. The Morgan fingerprint density at radius 3 is 2.25 bits per heavy atom. The van der Waals surface area contributed by atoms with Crippen LogP contribution in [-0.4, -0.2) is 53.0 Å². The van der Waals surface area contributed by atoms with Crippen LogP contribution in [0.1, 0.15) is 15.9 Å². The molecule has 0 aliphatic rings. The van der Waals surface area contributed by atoms with E-state index >= 15 is 0 Å². The van der Waals surface area contributed by atoms with Crippen LogP contribution in [-0.2, 0) is 14.2 Å². The molecule has 0 heterocycles. The van der Waals surface area contributed by atoms with E-state index in [-0.39, 0.29) is 0 Å². The van der Waals surface area contributed by atoms with Crippen LogP contribution in [0, 0.1) is 6.92 Å². The number of hydrogen-bond donors (Lipinski definition) is 0. The number of benzene rings is 1. The number of carbonyl (C=O) groups excluding carboxylic acids is 1. The summed E-state index contributed by atoms with van der Waals surface area (Å²) in [6, 6.07) is 5.33. The highest BCUT2D eigenvalue weighted by atomic mass is 16.6. The predicted molar refractivity (Wildman–Crippen MR) is 75.6 cm³/mol. The van der Waals surface area contributed by atoms with E-state index in [1.807, 2.05) is 6.92 Å². The average Bonchev–Trinajstić information content (AvgIpc) is 2.47. The van der Waals surface area contributed by atoms with Gasteiger partial charge < -0.3 is 18.9 Å². The normalized spacial score (nSPS) is 10.5. The number of ether oxygens (including phenoxy) is 4. The van der Waals surface area contributed by atoms with Crippen molar-refractivity contribution in [3.63, 3.8) is 0 Å². The Morgan fingerprint density at radius 2 is 1.65 bits per heavy atom. The first kappa shape index (κ1) is 16.6. The summed E-state index contributed by atoms with van der Waals surface area (Å²) in [5.74, 6) is 0.774. The van der Waals surface area contributed by atoms with Crippen molar-refractivity contribution in [2.24, 2.45) is 0 Å². The number of methoxy groups -OCH3 is 1. The lowest BCUT2D eigenvalue weighted by Gasteiger charge is -2.10. The third-order valence-electron chi connectivity index (χ3n) is 2.62. The largest absolute Gasteiger partial charge is 0.491 e. The molecule has 0 aromatic heterocycles. The summed E-state index contributed by atoms with van der Waals surface area (Å²) in [5.41, 5.74) is 1.59. The summed E-state index contributed by atoms with van der Waals surface area (Å²) in [5, 5.41) is 0. The quantitative estimate of drug-likeness (QED) is 0.458. The second kappa shape index (κ2) is 10.4. The van der Waals surface area contributed by atoms with E-state index < -0.39 is 0 Å². The molecular weight excluding hydrogens is 260 g/mol. The molecule has 5 heteroatoms. The van der Waals surface area contributed by atoms with Crippen LogP contribution in [0.2, 0.25) is 0 Å². The highest BCUT2D eigenvalue weighted by Gasteiger charge is 2.00. The maximum absolute atomic E-state index is 10.6. The Kier molecular flexibility index (Phi) is 8.62. The predicted octanol–water partition coefficient (Wildman–Crippen LogP) is 1.87. The highest BCUT2D eigenvalue weighted by Crippen LogP contribution is 2.18. The Labute approximate surface area is 119 Å². The molecule has 0 unspecified atom stereocenters. The molecule has 112 valence electrons. The number of aryl methyl sites for hydroxylation is 1. The molecule has 0 aliphatic heterocycles. The second-order valence-corrected chi connectivity index (χ2v) is 4.21. The Morgan fingerprint density at radius 1 is 1.00 bits per heavy atom. The fraction of sp³-hybridized carbons (Fsp3) is 0.533. The Bertz CT molecular complexity index is 392. The molecule has 0 amide bonds. The Balaban J connectivity index is 2.08. The molecule has 5 nitrogen and oxygen atoms in total. The van der Waals surface area contributed by atoms with Gasteiger partial charge in [-0.3, -0.25) is 4.79 Å². The lowest BCUT2D eigenvalue weighted by atomic mass is 10.1. The van der Waals surface area contributed by atoms with Crippen molar-refractivity contribution in [2.45, 2.75) is 6.92 Å². The molecule has 1 rings (SSSR count). The van der Waals surface area contributed by atoms with Gasteiger partial charge in [-0.25, -0.2) is 0 Å². The van der Waals surface area contributed by atoms with Gasteiger partial charge in [0.05, 0.1) is 33.0 Å². The summed E-state index contributed by atoms with van der Waals surface area (Å²) in [6.07, 6.45) is 0.823. The van der Waals surface area contributed by atoms with E-state index in [2.05, 4.69) is 0 Å². The molecule has 0 saturated carbocycles. The van der Waals surface area contributed by atoms with Crippen LogP contribution in [0.3, 0.4) is 0 Å². The Hall–Kier alpha value is -1.43. The molecule has 0 atom stereocenters. The molecule has 20 heavy (non-hydrogen) atoms. The molecule has 1 aromatic rings. The monoisotopic (exact) mass is 282 g/mol. The SMILES string of the molecule is COCCOCCOCCOc1ccc(C=O)cc1C. The van der Waals surface area contributed by atoms with Crippen LogP contribution < -0.4 is 4.74 Å². The zero-order valence-corrected chi connectivity index (χ0v) is 12.1. The fourth-order valence-electron chi connectivity index (χ4n) is 1.58. The van der Waals surface area contributed by atoms with Gasteiger partial charge in [-0.15, -0.1) is 0 Å². The zero-order chi connectivity index (χ0) is 14.6. The molecule has 0 fully saturated rings. The minimum absolute atomic E-state index is 0.472. The average molecular weight is 282 g/mol. The standard InChI is InChI=1S/C15H22O5/c1-13-11-14(12-16)3-4-15(13)20-10-9-19-8-7-18-6-5-17-2/h3-4,11-12H,5-10H2,1-2H3. The van der Waals surface area contributed by atoms with Gasteiger partial charge in [0.25, 0.3) is 0 Å². The van der Waals surface area contributed by atoms with E-state index in [0.717, 1.165) is 17.6 Å². The van der Waals surface area contributed by atoms with Crippen molar-refractivity contribution in [1.29, 1.82) is 0 Å². The van der Waals surface area contributed by atoms with Gasteiger partial charge in [0.2, 0.25) is 0 Å². The van der Waals surface area contributed by atoms with Crippen LogP contribution in [0.4, 0.5) is 0 Å². The number of hydrogen-bond acceptors (Lipinski definition) is 5. The van der Waals surface area contributed by atoms with Crippen LogP contribution in [0.5, 0.6) is 5.75 Å². The van der Waals surface area contributed by atoms with Crippen molar-refractivity contribution in [1.82, 2.24) is 0 Å². The number of rotatable bonds is 11. The summed E-state index contributed by atoms with van der Waals surface area (Å²) >= 11 is 0. The molecule has 0 spiro atoms. The molecule has 0 saturated heterocycles. The van der Waals surface area contributed by atoms with E-state index in [9.17, 15) is 4.79 Å². The molecule has 0 N–H and O–H groups in total. The molecular formula is C15H22O5. The third kappa shape index (κ3) is 6.65. The first-order chi connectivity index (χ1) is 9.77. The van der Waals surface area contributed by atoms with Gasteiger partial charge >= 0.3 is 0 Å². The smallest absolute Gasteiger partial charge is 0.150 e. The van der Waals surface area contributed by atoms with Crippen molar-refractivity contribution in [3.05, 3.63) is 29.3 Å². The van der Waals surface area contributed by atoms with Crippen molar-refractivity contribution in [2.75, 3.05) is 46.8 Å². The van der Waals surface area contributed by atoms with Gasteiger partial charge in [0, 0.05) is 12.7 Å². The van der Waals surface area contributed by atoms with Gasteiger partial charge in [-0.2, -0.15) is 0 Å². The number of aldehydes is 1. The van der Waals surface area contributed by atoms with Crippen LogP contribution in [0.25, 0.3) is 0 Å². The van der Waals surface area contributed by atoms with E-state index in [0.29, 0.717) is 45.2 Å². The molecule has 1 aromatic carbocycles. The second-order valence-electron chi connectivity index (χ2n) is 4.21. The summed E-state index contributed by atoms with van der Waals surface area (Å²) in [6.45, 7) is 5.15. The maximum atomic E-state index is 10.6. The van der Waals surface area contributed by atoms with Gasteiger partial charge in [0.1, 0.15) is 18.6 Å².